The number of carbonyl (C=O) groups excluding carboxylic acids is 1. The van der Waals surface area contributed by atoms with Gasteiger partial charge < -0.3 is 14.8 Å². The van der Waals surface area contributed by atoms with E-state index < -0.39 is 0 Å². The molecule has 0 fully saturated rings. The van der Waals surface area contributed by atoms with Gasteiger partial charge in [-0.05, 0) is 35.9 Å². The van der Waals surface area contributed by atoms with Crippen molar-refractivity contribution in [2.45, 2.75) is 6.42 Å². The summed E-state index contributed by atoms with van der Waals surface area (Å²) in [6.07, 6.45) is 2.44. The molecule has 0 unspecified atom stereocenters. The summed E-state index contributed by atoms with van der Waals surface area (Å²) in [5.41, 5.74) is 2.29. The molecule has 3 aromatic rings. The predicted octanol–water partition coefficient (Wildman–Crippen LogP) is 5.89. The molecule has 0 atom stereocenters. The average Bonchev–Trinajstić information content (AvgIpc) is 2.74. The minimum Gasteiger partial charge on any atom is -0.492 e. The van der Waals surface area contributed by atoms with Crippen LogP contribution in [-0.2, 0) is 6.42 Å². The van der Waals surface area contributed by atoms with Gasteiger partial charge in [-0.15, -0.1) is 0 Å². The van der Waals surface area contributed by atoms with Crippen molar-refractivity contribution in [1.82, 2.24) is 0 Å². The summed E-state index contributed by atoms with van der Waals surface area (Å²) in [5.74, 6) is 0.957. The Morgan fingerprint density at radius 3 is 2.62 bits per heavy atom. The normalized spacial score (nSPS) is 10.2. The van der Waals surface area contributed by atoms with Gasteiger partial charge in [0.15, 0.2) is 0 Å². The van der Waals surface area contributed by atoms with E-state index in [9.17, 15) is 4.79 Å². The van der Waals surface area contributed by atoms with Crippen molar-refractivity contribution in [2.24, 2.45) is 0 Å². The molecule has 3 rings (SSSR count). The van der Waals surface area contributed by atoms with E-state index in [1.54, 1.807) is 24.3 Å². The maximum absolute atomic E-state index is 12.9. The smallest absolute Gasteiger partial charge is 0.259 e. The van der Waals surface area contributed by atoms with Crippen LogP contribution >= 0.6 is 15.9 Å². The maximum Gasteiger partial charge on any atom is 0.259 e. The number of ether oxygens (including phenoxy) is 2. The lowest BCUT2D eigenvalue weighted by Gasteiger charge is -2.13. The zero-order valence-corrected chi connectivity index (χ0v) is 17.5. The first-order chi connectivity index (χ1) is 14.2. The van der Waals surface area contributed by atoms with E-state index in [2.05, 4.69) is 40.0 Å². The van der Waals surface area contributed by atoms with E-state index in [-0.39, 0.29) is 5.91 Å². The second-order valence-corrected chi connectivity index (χ2v) is 7.22. The molecule has 0 aliphatic carbocycles. The van der Waals surface area contributed by atoms with Crippen LogP contribution in [0.5, 0.6) is 11.5 Å². The molecule has 3 aromatic carbocycles. The fourth-order valence-electron chi connectivity index (χ4n) is 2.75. The van der Waals surface area contributed by atoms with Crippen molar-refractivity contribution in [3.63, 3.8) is 0 Å². The van der Waals surface area contributed by atoms with E-state index in [0.29, 0.717) is 36.0 Å². The highest BCUT2D eigenvalue weighted by Gasteiger charge is 2.14. The van der Waals surface area contributed by atoms with Crippen LogP contribution in [0.1, 0.15) is 15.9 Å². The van der Waals surface area contributed by atoms with Crippen LogP contribution in [0.2, 0.25) is 0 Å². The standard InChI is InChI=1S/C24H22BrNO3/c1-2-14-28-21-10-6-9-20(17-21)26-24(27)22-16-19(25)11-12-23(22)29-15-13-18-7-4-3-5-8-18/h2-12,16-17H,1,13-15H2,(H,26,27). The second kappa shape index (κ2) is 10.5. The highest BCUT2D eigenvalue weighted by Crippen LogP contribution is 2.25. The largest absolute Gasteiger partial charge is 0.492 e. The van der Waals surface area contributed by atoms with Crippen LogP contribution in [0.3, 0.4) is 0 Å². The SMILES string of the molecule is C=CCOc1cccc(NC(=O)c2cc(Br)ccc2OCCc2ccccc2)c1. The molecule has 0 radical (unpaired) electrons. The van der Waals surface area contributed by atoms with Crippen molar-refractivity contribution in [1.29, 1.82) is 0 Å². The van der Waals surface area contributed by atoms with Gasteiger partial charge >= 0.3 is 0 Å². The zero-order valence-electron chi connectivity index (χ0n) is 15.9. The summed E-state index contributed by atoms with van der Waals surface area (Å²) in [5, 5.41) is 2.91. The third-order valence-corrected chi connectivity index (χ3v) is 4.63. The number of halogens is 1. The van der Waals surface area contributed by atoms with Gasteiger partial charge in [0.05, 0.1) is 12.2 Å². The molecule has 1 N–H and O–H groups in total. The Labute approximate surface area is 179 Å². The highest BCUT2D eigenvalue weighted by atomic mass is 79.9. The molecule has 148 valence electrons. The Kier molecular flexibility index (Phi) is 7.47. The lowest BCUT2D eigenvalue weighted by molar-refractivity contribution is 0.102. The fraction of sp³-hybridized carbons (Fsp3) is 0.125. The molecule has 1 amide bonds. The molecule has 0 bridgehead atoms. The number of amides is 1. The number of benzene rings is 3. The van der Waals surface area contributed by atoms with Crippen LogP contribution in [0.4, 0.5) is 5.69 Å². The first-order valence-corrected chi connectivity index (χ1v) is 10.1. The Bertz CT molecular complexity index is 973. The first kappa shape index (κ1) is 20.7. The highest BCUT2D eigenvalue weighted by molar-refractivity contribution is 9.10. The molecule has 0 aliphatic heterocycles. The van der Waals surface area contributed by atoms with Gasteiger partial charge in [0.2, 0.25) is 0 Å². The molecule has 0 aliphatic rings. The number of anilines is 1. The van der Waals surface area contributed by atoms with E-state index in [0.717, 1.165) is 10.9 Å². The Morgan fingerprint density at radius 1 is 1.00 bits per heavy atom. The lowest BCUT2D eigenvalue weighted by Crippen LogP contribution is -2.14. The number of nitrogens with one attached hydrogen (secondary N) is 1. The van der Waals surface area contributed by atoms with Gasteiger partial charge in [0.25, 0.3) is 5.91 Å². The van der Waals surface area contributed by atoms with Gasteiger partial charge in [-0.1, -0.05) is 65.0 Å². The van der Waals surface area contributed by atoms with E-state index in [4.69, 9.17) is 9.47 Å². The van der Waals surface area contributed by atoms with Crippen molar-refractivity contribution < 1.29 is 14.3 Å². The molecule has 0 aromatic heterocycles. The third kappa shape index (κ3) is 6.22. The summed E-state index contributed by atoms with van der Waals surface area (Å²) in [7, 11) is 0. The van der Waals surface area contributed by atoms with Gasteiger partial charge in [-0.2, -0.15) is 0 Å². The van der Waals surface area contributed by atoms with E-state index >= 15 is 0 Å². The maximum atomic E-state index is 12.9. The van der Waals surface area contributed by atoms with Crippen LogP contribution in [-0.4, -0.2) is 19.1 Å². The van der Waals surface area contributed by atoms with Crippen molar-refractivity contribution >= 4 is 27.5 Å². The quantitative estimate of drug-likeness (QED) is 0.412. The first-order valence-electron chi connectivity index (χ1n) is 9.27. The zero-order chi connectivity index (χ0) is 20.5. The van der Waals surface area contributed by atoms with Crippen molar-refractivity contribution in [3.05, 3.63) is 101 Å². The third-order valence-electron chi connectivity index (χ3n) is 4.14. The summed E-state index contributed by atoms with van der Waals surface area (Å²) in [4.78, 5) is 12.9. The average molecular weight is 452 g/mol. The lowest BCUT2D eigenvalue weighted by atomic mass is 10.1. The van der Waals surface area contributed by atoms with Gasteiger partial charge in [-0.3, -0.25) is 4.79 Å². The van der Waals surface area contributed by atoms with Gasteiger partial charge in [0, 0.05) is 22.6 Å². The Hall–Kier alpha value is -3.05. The summed E-state index contributed by atoms with van der Waals surface area (Å²) in [6.45, 7) is 4.52. The van der Waals surface area contributed by atoms with Gasteiger partial charge in [-0.25, -0.2) is 0 Å². The molecule has 0 heterocycles. The molecule has 5 heteroatoms. The molecule has 4 nitrogen and oxygen atoms in total. The van der Waals surface area contributed by atoms with Crippen molar-refractivity contribution in [2.75, 3.05) is 18.5 Å². The van der Waals surface area contributed by atoms with E-state index in [1.165, 1.54) is 5.56 Å². The van der Waals surface area contributed by atoms with Crippen LogP contribution in [0.25, 0.3) is 0 Å². The molecular weight excluding hydrogens is 430 g/mol. The molecule has 29 heavy (non-hydrogen) atoms. The van der Waals surface area contributed by atoms with E-state index in [1.807, 2.05) is 42.5 Å². The predicted molar refractivity (Wildman–Crippen MR) is 120 cm³/mol. The minimum atomic E-state index is -0.248. The topological polar surface area (TPSA) is 47.6 Å². The van der Waals surface area contributed by atoms with Gasteiger partial charge in [0.1, 0.15) is 18.1 Å². The molecule has 0 spiro atoms. The van der Waals surface area contributed by atoms with Crippen LogP contribution < -0.4 is 14.8 Å². The van der Waals surface area contributed by atoms with Crippen LogP contribution in [0.15, 0.2) is 89.9 Å². The minimum absolute atomic E-state index is 0.248. The monoisotopic (exact) mass is 451 g/mol. The Morgan fingerprint density at radius 2 is 1.83 bits per heavy atom. The number of rotatable bonds is 9. The summed E-state index contributed by atoms with van der Waals surface area (Å²) in [6, 6.07) is 22.8. The number of carbonyl (C=O) groups is 1. The fourth-order valence-corrected chi connectivity index (χ4v) is 3.11. The molecular formula is C24H22BrNO3. The number of hydrogen-bond donors (Lipinski definition) is 1. The Balaban J connectivity index is 1.69. The number of hydrogen-bond acceptors (Lipinski definition) is 3. The molecule has 0 saturated carbocycles. The summed E-state index contributed by atoms with van der Waals surface area (Å²) < 4.78 is 12.2. The molecule has 0 saturated heterocycles. The summed E-state index contributed by atoms with van der Waals surface area (Å²) >= 11 is 3.43. The van der Waals surface area contributed by atoms with Crippen LogP contribution in [0, 0.1) is 0 Å². The van der Waals surface area contributed by atoms with Crippen molar-refractivity contribution in [3.8, 4) is 11.5 Å². The second-order valence-electron chi connectivity index (χ2n) is 6.31.